The fourth-order valence-electron chi connectivity index (χ4n) is 1.30. The van der Waals surface area contributed by atoms with Crippen molar-refractivity contribution in [3.05, 3.63) is 18.0 Å². The maximum Gasteiger partial charge on any atom is 0.354 e. The third-order valence-corrected chi connectivity index (χ3v) is 2.08. The smallest absolute Gasteiger partial charge is 0.354 e. The number of rotatable bonds is 6. The zero-order valence-corrected chi connectivity index (χ0v) is 10.2. The summed E-state index contributed by atoms with van der Waals surface area (Å²) in [5.74, 6) is -0.780. The minimum absolute atomic E-state index is 0.0308. The largest absolute Gasteiger partial charge is 0.477 e. The number of aromatic nitrogens is 2. The molecule has 1 aromatic heterocycles. The SMILES string of the molecule is CCOC(C)(C)CNc1nccc(C(=O)O)n1. The van der Waals surface area contributed by atoms with Gasteiger partial charge < -0.3 is 15.2 Å². The number of anilines is 1. The molecule has 0 aromatic carbocycles. The van der Waals surface area contributed by atoms with Crippen molar-refractivity contribution < 1.29 is 14.6 Å². The highest BCUT2D eigenvalue weighted by Gasteiger charge is 2.17. The summed E-state index contributed by atoms with van der Waals surface area (Å²) in [4.78, 5) is 18.5. The molecule has 1 heterocycles. The van der Waals surface area contributed by atoms with Crippen LogP contribution in [0.15, 0.2) is 12.3 Å². The number of ether oxygens (including phenoxy) is 1. The molecule has 0 aliphatic heterocycles. The molecule has 0 atom stereocenters. The lowest BCUT2D eigenvalue weighted by Gasteiger charge is -2.24. The van der Waals surface area contributed by atoms with Gasteiger partial charge in [-0.05, 0) is 26.8 Å². The molecule has 17 heavy (non-hydrogen) atoms. The van der Waals surface area contributed by atoms with E-state index in [2.05, 4.69) is 15.3 Å². The number of carbonyl (C=O) groups is 1. The van der Waals surface area contributed by atoms with Crippen LogP contribution in [0, 0.1) is 0 Å². The fraction of sp³-hybridized carbons (Fsp3) is 0.545. The lowest BCUT2D eigenvalue weighted by molar-refractivity contribution is 0.000581. The van der Waals surface area contributed by atoms with Crippen molar-refractivity contribution in [3.8, 4) is 0 Å². The van der Waals surface area contributed by atoms with E-state index in [-0.39, 0.29) is 17.2 Å². The molecule has 0 saturated carbocycles. The molecule has 0 radical (unpaired) electrons. The van der Waals surface area contributed by atoms with Crippen LogP contribution in [0.3, 0.4) is 0 Å². The van der Waals surface area contributed by atoms with Crippen molar-refractivity contribution in [1.82, 2.24) is 9.97 Å². The van der Waals surface area contributed by atoms with E-state index < -0.39 is 5.97 Å². The van der Waals surface area contributed by atoms with Gasteiger partial charge >= 0.3 is 5.97 Å². The third-order valence-electron chi connectivity index (χ3n) is 2.08. The third kappa shape index (κ3) is 4.36. The predicted molar refractivity (Wildman–Crippen MR) is 63.2 cm³/mol. The second-order valence-corrected chi connectivity index (χ2v) is 4.12. The van der Waals surface area contributed by atoms with E-state index in [0.717, 1.165) is 0 Å². The Bertz CT molecular complexity index is 393. The van der Waals surface area contributed by atoms with Crippen LogP contribution in [0.25, 0.3) is 0 Å². The number of hydrogen-bond donors (Lipinski definition) is 2. The minimum atomic E-state index is -1.07. The van der Waals surface area contributed by atoms with Gasteiger partial charge in [0, 0.05) is 19.3 Å². The van der Waals surface area contributed by atoms with Crippen LogP contribution in [0.4, 0.5) is 5.95 Å². The first-order valence-electron chi connectivity index (χ1n) is 5.39. The summed E-state index contributed by atoms with van der Waals surface area (Å²) in [6, 6.07) is 1.35. The van der Waals surface area contributed by atoms with E-state index in [1.165, 1.54) is 12.3 Å². The van der Waals surface area contributed by atoms with Gasteiger partial charge in [-0.1, -0.05) is 0 Å². The van der Waals surface area contributed by atoms with E-state index in [0.29, 0.717) is 13.2 Å². The van der Waals surface area contributed by atoms with Crippen molar-refractivity contribution in [3.63, 3.8) is 0 Å². The molecule has 6 nitrogen and oxygen atoms in total. The second kappa shape index (κ2) is 5.58. The molecule has 1 aromatic rings. The standard InChI is InChI=1S/C11H17N3O3/c1-4-17-11(2,3)7-13-10-12-6-5-8(14-10)9(15)16/h5-6H,4,7H2,1-3H3,(H,15,16)(H,12,13,14). The van der Waals surface area contributed by atoms with Crippen LogP contribution in [0.1, 0.15) is 31.3 Å². The minimum Gasteiger partial charge on any atom is -0.477 e. The number of aromatic carboxylic acids is 1. The van der Waals surface area contributed by atoms with Crippen LogP contribution in [-0.4, -0.2) is 39.8 Å². The lowest BCUT2D eigenvalue weighted by atomic mass is 10.1. The molecule has 0 bridgehead atoms. The zero-order chi connectivity index (χ0) is 12.9. The van der Waals surface area contributed by atoms with Gasteiger partial charge in [0.1, 0.15) is 0 Å². The first kappa shape index (κ1) is 13.4. The molecule has 0 fully saturated rings. The van der Waals surface area contributed by atoms with Gasteiger partial charge in [0.15, 0.2) is 5.69 Å². The molecule has 0 aliphatic rings. The lowest BCUT2D eigenvalue weighted by Crippen LogP contribution is -2.33. The maximum atomic E-state index is 10.7. The first-order valence-corrected chi connectivity index (χ1v) is 5.39. The highest BCUT2D eigenvalue weighted by molar-refractivity contribution is 5.85. The predicted octanol–water partition coefficient (Wildman–Crippen LogP) is 1.40. The topological polar surface area (TPSA) is 84.3 Å². The summed E-state index contributed by atoms with van der Waals surface area (Å²) in [6.45, 7) is 6.91. The van der Waals surface area contributed by atoms with Crippen molar-refractivity contribution in [2.75, 3.05) is 18.5 Å². The molecule has 1 rings (SSSR count). The number of nitrogens with zero attached hydrogens (tertiary/aromatic N) is 2. The van der Waals surface area contributed by atoms with Gasteiger partial charge in [0.05, 0.1) is 5.60 Å². The van der Waals surface area contributed by atoms with Crippen molar-refractivity contribution in [2.24, 2.45) is 0 Å². The van der Waals surface area contributed by atoms with Gasteiger partial charge in [0.2, 0.25) is 5.95 Å². The second-order valence-electron chi connectivity index (χ2n) is 4.12. The zero-order valence-electron chi connectivity index (χ0n) is 10.2. The van der Waals surface area contributed by atoms with Gasteiger partial charge in [-0.2, -0.15) is 0 Å². The molecule has 0 spiro atoms. The van der Waals surface area contributed by atoms with Gasteiger partial charge in [-0.15, -0.1) is 0 Å². The van der Waals surface area contributed by atoms with E-state index in [9.17, 15) is 4.79 Å². The molecule has 2 N–H and O–H groups in total. The van der Waals surface area contributed by atoms with Crippen LogP contribution in [-0.2, 0) is 4.74 Å². The average Bonchev–Trinajstić information content (AvgIpc) is 2.27. The maximum absolute atomic E-state index is 10.7. The monoisotopic (exact) mass is 239 g/mol. The van der Waals surface area contributed by atoms with Crippen molar-refractivity contribution in [2.45, 2.75) is 26.4 Å². The van der Waals surface area contributed by atoms with E-state index in [1.54, 1.807) is 0 Å². The molecule has 0 aliphatic carbocycles. The van der Waals surface area contributed by atoms with Crippen LogP contribution in [0.2, 0.25) is 0 Å². The van der Waals surface area contributed by atoms with Gasteiger partial charge in [-0.3, -0.25) is 0 Å². The Kier molecular flexibility index (Phi) is 4.39. The Labute approximate surface area is 100 Å². The van der Waals surface area contributed by atoms with Crippen LogP contribution < -0.4 is 5.32 Å². The quantitative estimate of drug-likeness (QED) is 0.780. The molecule has 0 unspecified atom stereocenters. The Hall–Kier alpha value is -1.69. The van der Waals surface area contributed by atoms with Crippen LogP contribution >= 0.6 is 0 Å². The van der Waals surface area contributed by atoms with E-state index in [1.807, 2.05) is 20.8 Å². The normalized spacial score (nSPS) is 11.2. The summed E-state index contributed by atoms with van der Waals surface area (Å²) in [6.07, 6.45) is 1.41. The molecular weight excluding hydrogens is 222 g/mol. The number of hydrogen-bond acceptors (Lipinski definition) is 5. The van der Waals surface area contributed by atoms with E-state index in [4.69, 9.17) is 9.84 Å². The summed E-state index contributed by atoms with van der Waals surface area (Å²) < 4.78 is 5.49. The van der Waals surface area contributed by atoms with Gasteiger partial charge in [0.25, 0.3) is 0 Å². The summed E-state index contributed by atoms with van der Waals surface area (Å²) in [5, 5.41) is 11.7. The average molecular weight is 239 g/mol. The molecular formula is C11H17N3O3. The Morgan fingerprint density at radius 1 is 1.59 bits per heavy atom. The summed E-state index contributed by atoms with van der Waals surface area (Å²) in [7, 11) is 0. The molecule has 94 valence electrons. The Morgan fingerprint density at radius 2 is 2.29 bits per heavy atom. The number of carboxylic acid groups (broad SMARTS) is 1. The molecule has 0 amide bonds. The van der Waals surface area contributed by atoms with Crippen molar-refractivity contribution >= 4 is 11.9 Å². The highest BCUT2D eigenvalue weighted by Crippen LogP contribution is 2.10. The molecule has 0 saturated heterocycles. The number of nitrogens with one attached hydrogen (secondary N) is 1. The Balaban J connectivity index is 2.63. The van der Waals surface area contributed by atoms with Crippen molar-refractivity contribution in [1.29, 1.82) is 0 Å². The number of carboxylic acids is 1. The highest BCUT2D eigenvalue weighted by atomic mass is 16.5. The summed E-state index contributed by atoms with van der Waals surface area (Å²) in [5.41, 5.74) is -0.381. The first-order chi connectivity index (χ1) is 7.94. The van der Waals surface area contributed by atoms with Crippen LogP contribution in [0.5, 0.6) is 0 Å². The molecule has 6 heteroatoms. The summed E-state index contributed by atoms with van der Waals surface area (Å²) >= 11 is 0. The van der Waals surface area contributed by atoms with Gasteiger partial charge in [-0.25, -0.2) is 14.8 Å². The fourth-order valence-corrected chi connectivity index (χ4v) is 1.30. The Morgan fingerprint density at radius 3 is 2.88 bits per heavy atom. The van der Waals surface area contributed by atoms with E-state index >= 15 is 0 Å².